The maximum atomic E-state index is 12.4. The molecule has 0 atom stereocenters. The summed E-state index contributed by atoms with van der Waals surface area (Å²) in [5.41, 5.74) is 1.85. The van der Waals surface area contributed by atoms with E-state index in [0.29, 0.717) is 17.3 Å². The maximum Gasteiger partial charge on any atom is 0.275 e. The molecule has 3 rings (SSSR count). The van der Waals surface area contributed by atoms with E-state index in [1.165, 1.54) is 6.20 Å². The van der Waals surface area contributed by atoms with Crippen LogP contribution in [-0.4, -0.2) is 29.5 Å². The third kappa shape index (κ3) is 3.80. The van der Waals surface area contributed by atoms with Crippen molar-refractivity contribution in [3.63, 3.8) is 0 Å². The molecule has 1 aromatic heterocycles. The minimum absolute atomic E-state index is 0.240. The molecule has 0 aliphatic carbocycles. The molecule has 1 heterocycles. The molecule has 132 valence electrons. The van der Waals surface area contributed by atoms with E-state index in [9.17, 15) is 4.79 Å². The number of methoxy groups -OCH3 is 1. The van der Waals surface area contributed by atoms with Crippen molar-refractivity contribution in [2.24, 2.45) is 0 Å². The van der Waals surface area contributed by atoms with Crippen molar-refractivity contribution >= 4 is 23.1 Å². The number of anilines is 3. The molecule has 0 saturated heterocycles. The molecule has 3 aromatic rings. The Morgan fingerprint density at radius 3 is 2.42 bits per heavy atom. The van der Waals surface area contributed by atoms with Crippen molar-refractivity contribution in [3.8, 4) is 5.75 Å². The number of carbonyl (C=O) groups excluding carboxylic acids is 1. The highest BCUT2D eigenvalue weighted by molar-refractivity contribution is 6.03. The van der Waals surface area contributed by atoms with Gasteiger partial charge in [-0.25, -0.2) is 9.97 Å². The van der Waals surface area contributed by atoms with E-state index >= 15 is 0 Å². The molecule has 6 nitrogen and oxygen atoms in total. The molecule has 0 radical (unpaired) electrons. The number of rotatable bonds is 6. The second-order valence-electron chi connectivity index (χ2n) is 5.49. The predicted molar refractivity (Wildman–Crippen MR) is 102 cm³/mol. The zero-order valence-corrected chi connectivity index (χ0v) is 14.7. The number of hydrogen-bond donors (Lipinski definition) is 1. The predicted octanol–water partition coefficient (Wildman–Crippen LogP) is 3.90. The molecule has 0 aliphatic heterocycles. The van der Waals surface area contributed by atoms with Gasteiger partial charge in [-0.1, -0.05) is 30.3 Å². The summed E-state index contributed by atoms with van der Waals surface area (Å²) in [7, 11) is 1.56. The van der Waals surface area contributed by atoms with Crippen LogP contribution in [0.4, 0.5) is 17.2 Å². The fraction of sp³-hybridized carbons (Fsp3) is 0.150. The number of amides is 1. The van der Waals surface area contributed by atoms with Crippen molar-refractivity contribution in [1.29, 1.82) is 0 Å². The molecule has 26 heavy (non-hydrogen) atoms. The lowest BCUT2D eigenvalue weighted by Crippen LogP contribution is -2.19. The first kappa shape index (κ1) is 17.4. The third-order valence-corrected chi connectivity index (χ3v) is 3.89. The molecule has 0 unspecified atom stereocenters. The van der Waals surface area contributed by atoms with E-state index in [1.54, 1.807) is 25.4 Å². The fourth-order valence-corrected chi connectivity index (χ4v) is 2.60. The summed E-state index contributed by atoms with van der Waals surface area (Å²) in [4.78, 5) is 23.1. The summed E-state index contributed by atoms with van der Waals surface area (Å²) in [6.07, 6.45) is 3.08. The summed E-state index contributed by atoms with van der Waals surface area (Å²) in [5.74, 6) is 0.940. The van der Waals surface area contributed by atoms with Crippen LogP contribution in [0.3, 0.4) is 0 Å². The van der Waals surface area contributed by atoms with Crippen LogP contribution in [0, 0.1) is 0 Å². The highest BCUT2D eigenvalue weighted by Crippen LogP contribution is 2.24. The SMILES string of the molecule is CCN(c1ccccc1)c1cnc(C(=O)Nc2ccccc2OC)cn1. The molecule has 0 aliphatic rings. The third-order valence-electron chi connectivity index (χ3n) is 3.89. The maximum absolute atomic E-state index is 12.4. The van der Waals surface area contributed by atoms with Crippen LogP contribution >= 0.6 is 0 Å². The lowest BCUT2D eigenvalue weighted by atomic mass is 10.2. The van der Waals surface area contributed by atoms with Gasteiger partial charge in [-0.15, -0.1) is 0 Å². The zero-order chi connectivity index (χ0) is 18.4. The van der Waals surface area contributed by atoms with Gasteiger partial charge in [0.1, 0.15) is 11.4 Å². The highest BCUT2D eigenvalue weighted by Gasteiger charge is 2.13. The van der Waals surface area contributed by atoms with Crippen molar-refractivity contribution in [1.82, 2.24) is 9.97 Å². The Morgan fingerprint density at radius 1 is 1.04 bits per heavy atom. The average molecular weight is 348 g/mol. The monoisotopic (exact) mass is 348 g/mol. The van der Waals surface area contributed by atoms with Gasteiger partial charge in [0.15, 0.2) is 5.82 Å². The van der Waals surface area contributed by atoms with E-state index in [4.69, 9.17) is 4.74 Å². The Morgan fingerprint density at radius 2 is 1.77 bits per heavy atom. The second kappa shape index (κ2) is 8.11. The topological polar surface area (TPSA) is 67.4 Å². The van der Waals surface area contributed by atoms with Crippen LogP contribution < -0.4 is 15.0 Å². The van der Waals surface area contributed by atoms with Crippen molar-refractivity contribution < 1.29 is 9.53 Å². The van der Waals surface area contributed by atoms with Crippen LogP contribution in [0.5, 0.6) is 5.75 Å². The smallest absolute Gasteiger partial charge is 0.275 e. The average Bonchev–Trinajstić information content (AvgIpc) is 2.70. The van der Waals surface area contributed by atoms with Crippen molar-refractivity contribution in [2.45, 2.75) is 6.92 Å². The summed E-state index contributed by atoms with van der Waals surface area (Å²) < 4.78 is 5.24. The Kier molecular flexibility index (Phi) is 5.43. The lowest BCUT2D eigenvalue weighted by molar-refractivity contribution is 0.102. The van der Waals surface area contributed by atoms with Crippen molar-refractivity contribution in [3.05, 3.63) is 72.7 Å². The normalized spacial score (nSPS) is 10.2. The quantitative estimate of drug-likeness (QED) is 0.732. The number of nitrogens with one attached hydrogen (secondary N) is 1. The van der Waals surface area contributed by atoms with Crippen LogP contribution in [0.2, 0.25) is 0 Å². The number of aromatic nitrogens is 2. The van der Waals surface area contributed by atoms with Gasteiger partial charge in [-0.2, -0.15) is 0 Å². The Labute approximate surface area is 152 Å². The molecule has 1 N–H and O–H groups in total. The first-order valence-corrected chi connectivity index (χ1v) is 8.32. The number of benzene rings is 2. The van der Waals surface area contributed by atoms with Gasteiger partial charge < -0.3 is 15.0 Å². The molecule has 0 saturated carbocycles. The minimum atomic E-state index is -0.337. The molecular weight excluding hydrogens is 328 g/mol. The fourth-order valence-electron chi connectivity index (χ4n) is 2.60. The lowest BCUT2D eigenvalue weighted by Gasteiger charge is -2.21. The van der Waals surface area contributed by atoms with E-state index in [2.05, 4.69) is 15.3 Å². The number of nitrogens with zero attached hydrogens (tertiary/aromatic N) is 3. The molecule has 1 amide bonds. The van der Waals surface area contributed by atoms with Gasteiger partial charge in [-0.05, 0) is 31.2 Å². The van der Waals surface area contributed by atoms with Gasteiger partial charge >= 0.3 is 0 Å². The standard InChI is InChI=1S/C20H20N4O2/c1-3-24(15-9-5-4-6-10-15)19-14-21-17(13-22-19)20(25)23-16-11-7-8-12-18(16)26-2/h4-14H,3H2,1-2H3,(H,23,25). The largest absolute Gasteiger partial charge is 0.495 e. The number of para-hydroxylation sites is 3. The van der Waals surface area contributed by atoms with Gasteiger partial charge in [0, 0.05) is 12.2 Å². The molecule has 0 bridgehead atoms. The first-order chi connectivity index (χ1) is 12.7. The second-order valence-corrected chi connectivity index (χ2v) is 5.49. The molecule has 2 aromatic carbocycles. The number of carbonyl (C=O) groups is 1. The van der Waals surface area contributed by atoms with Gasteiger partial charge in [0.05, 0.1) is 25.2 Å². The minimum Gasteiger partial charge on any atom is -0.495 e. The molecular formula is C20H20N4O2. The van der Waals surface area contributed by atoms with Gasteiger partial charge in [0.2, 0.25) is 0 Å². The first-order valence-electron chi connectivity index (χ1n) is 8.32. The van der Waals surface area contributed by atoms with Gasteiger partial charge in [0.25, 0.3) is 5.91 Å². The number of hydrogen-bond acceptors (Lipinski definition) is 5. The summed E-state index contributed by atoms with van der Waals surface area (Å²) in [6.45, 7) is 2.78. The number of ether oxygens (including phenoxy) is 1. The highest BCUT2D eigenvalue weighted by atomic mass is 16.5. The van der Waals surface area contributed by atoms with E-state index in [-0.39, 0.29) is 11.6 Å². The summed E-state index contributed by atoms with van der Waals surface area (Å²) >= 11 is 0. The van der Waals surface area contributed by atoms with Gasteiger partial charge in [-0.3, -0.25) is 4.79 Å². The van der Waals surface area contributed by atoms with E-state index < -0.39 is 0 Å². The Bertz CT molecular complexity index is 866. The van der Waals surface area contributed by atoms with Crippen LogP contribution in [0.25, 0.3) is 0 Å². The van der Waals surface area contributed by atoms with Crippen LogP contribution in [0.1, 0.15) is 17.4 Å². The molecule has 6 heteroatoms. The van der Waals surface area contributed by atoms with Crippen LogP contribution in [-0.2, 0) is 0 Å². The Hall–Kier alpha value is -3.41. The van der Waals surface area contributed by atoms with E-state index in [1.807, 2.05) is 54.3 Å². The molecule has 0 spiro atoms. The summed E-state index contributed by atoms with van der Waals surface area (Å²) in [5, 5.41) is 2.79. The molecule has 0 fully saturated rings. The van der Waals surface area contributed by atoms with Crippen LogP contribution in [0.15, 0.2) is 67.0 Å². The van der Waals surface area contributed by atoms with E-state index in [0.717, 1.165) is 12.2 Å². The van der Waals surface area contributed by atoms with Crippen molar-refractivity contribution in [2.75, 3.05) is 23.9 Å². The zero-order valence-electron chi connectivity index (χ0n) is 14.7. The Balaban J connectivity index is 1.77. The summed E-state index contributed by atoms with van der Waals surface area (Å²) in [6, 6.07) is 17.1.